The summed E-state index contributed by atoms with van der Waals surface area (Å²) in [7, 11) is 1.60. The number of nitrogens with zero attached hydrogens (tertiary/aromatic N) is 3. The maximum atomic E-state index is 11.7. The van der Waals surface area contributed by atoms with Crippen LogP contribution in [0.2, 0.25) is 0 Å². The van der Waals surface area contributed by atoms with Crippen LogP contribution in [0.3, 0.4) is 0 Å². The minimum atomic E-state index is -0.238. The molecular formula is C13H15N5O2. The second-order valence-corrected chi connectivity index (χ2v) is 4.12. The zero-order valence-electron chi connectivity index (χ0n) is 11.3. The Bertz CT molecular complexity index is 607. The van der Waals surface area contributed by atoms with E-state index in [1.54, 1.807) is 13.2 Å². The number of nitrogens with one attached hydrogen (secondary N) is 2. The normalized spacial score (nSPS) is 10.7. The molecule has 0 radical (unpaired) electrons. The number of carbonyl (C=O) groups excluding carboxylic acids is 1. The van der Waals surface area contributed by atoms with Gasteiger partial charge < -0.3 is 10.1 Å². The van der Waals surface area contributed by atoms with Crippen LogP contribution in [0.15, 0.2) is 24.3 Å². The lowest BCUT2D eigenvalue weighted by atomic mass is 10.1. The number of benzene rings is 1. The standard InChI is InChI=1S/C13H15N5O2/c1-9-3-5-11(20-2)10(7-9)4-6-13(19)14-8-12-15-17-18-16-12/h3-7H,8H2,1-2H3,(H,14,19)(H,15,16,17,18). The third-order valence-corrected chi connectivity index (χ3v) is 2.61. The second kappa shape index (κ2) is 6.46. The molecule has 1 heterocycles. The molecule has 104 valence electrons. The molecular weight excluding hydrogens is 258 g/mol. The van der Waals surface area contributed by atoms with Crippen molar-refractivity contribution in [3.63, 3.8) is 0 Å². The summed E-state index contributed by atoms with van der Waals surface area (Å²) >= 11 is 0. The fraction of sp³-hybridized carbons (Fsp3) is 0.231. The van der Waals surface area contributed by atoms with Gasteiger partial charge in [-0.1, -0.05) is 16.8 Å². The van der Waals surface area contributed by atoms with Gasteiger partial charge in [-0.05, 0) is 25.1 Å². The molecule has 1 aromatic carbocycles. The molecule has 1 aromatic heterocycles. The Morgan fingerprint density at radius 2 is 2.35 bits per heavy atom. The van der Waals surface area contributed by atoms with E-state index < -0.39 is 0 Å². The van der Waals surface area contributed by atoms with E-state index in [9.17, 15) is 4.79 Å². The Labute approximate surface area is 116 Å². The number of aromatic amines is 1. The number of aryl methyl sites for hydroxylation is 1. The van der Waals surface area contributed by atoms with Crippen LogP contribution in [0.5, 0.6) is 5.75 Å². The predicted molar refractivity (Wildman–Crippen MR) is 72.8 cm³/mol. The van der Waals surface area contributed by atoms with Crippen LogP contribution in [0.1, 0.15) is 17.0 Å². The number of carbonyl (C=O) groups is 1. The van der Waals surface area contributed by atoms with Gasteiger partial charge in [0.05, 0.1) is 13.7 Å². The van der Waals surface area contributed by atoms with Crippen molar-refractivity contribution in [2.24, 2.45) is 0 Å². The molecule has 7 heteroatoms. The number of aromatic nitrogens is 4. The molecule has 2 N–H and O–H groups in total. The molecule has 2 aromatic rings. The first-order valence-electron chi connectivity index (χ1n) is 6.02. The fourth-order valence-electron chi connectivity index (χ4n) is 1.63. The van der Waals surface area contributed by atoms with Gasteiger partial charge in [0.1, 0.15) is 5.75 Å². The first kappa shape index (κ1) is 13.7. The van der Waals surface area contributed by atoms with Crippen LogP contribution >= 0.6 is 0 Å². The lowest BCUT2D eigenvalue weighted by molar-refractivity contribution is -0.116. The molecule has 2 rings (SSSR count). The quantitative estimate of drug-likeness (QED) is 0.788. The smallest absolute Gasteiger partial charge is 0.244 e. The molecule has 0 bridgehead atoms. The molecule has 0 aliphatic heterocycles. The Morgan fingerprint density at radius 3 is 3.05 bits per heavy atom. The molecule has 0 saturated heterocycles. The summed E-state index contributed by atoms with van der Waals surface area (Å²) in [6.07, 6.45) is 3.15. The van der Waals surface area contributed by atoms with E-state index in [0.717, 1.165) is 16.9 Å². The first-order chi connectivity index (χ1) is 9.69. The molecule has 0 unspecified atom stereocenters. The van der Waals surface area contributed by atoms with Crippen LogP contribution in [0, 0.1) is 6.92 Å². The molecule has 0 fully saturated rings. The van der Waals surface area contributed by atoms with E-state index in [4.69, 9.17) is 4.74 Å². The van der Waals surface area contributed by atoms with Gasteiger partial charge >= 0.3 is 0 Å². The Balaban J connectivity index is 1.98. The first-order valence-corrected chi connectivity index (χ1v) is 6.02. The fourth-order valence-corrected chi connectivity index (χ4v) is 1.63. The van der Waals surface area contributed by atoms with E-state index in [0.29, 0.717) is 5.82 Å². The van der Waals surface area contributed by atoms with Gasteiger partial charge in [-0.2, -0.15) is 5.21 Å². The Kier molecular flexibility index (Phi) is 4.43. The van der Waals surface area contributed by atoms with Crippen molar-refractivity contribution >= 4 is 12.0 Å². The van der Waals surface area contributed by atoms with Gasteiger partial charge in [0.25, 0.3) is 0 Å². The van der Waals surface area contributed by atoms with Crippen molar-refractivity contribution < 1.29 is 9.53 Å². The van der Waals surface area contributed by atoms with Gasteiger partial charge in [0.15, 0.2) is 5.82 Å². The van der Waals surface area contributed by atoms with Gasteiger partial charge in [-0.25, -0.2) is 0 Å². The molecule has 20 heavy (non-hydrogen) atoms. The summed E-state index contributed by atoms with van der Waals surface area (Å²) in [5.74, 6) is 0.913. The minimum Gasteiger partial charge on any atom is -0.496 e. The summed E-state index contributed by atoms with van der Waals surface area (Å²) in [4.78, 5) is 11.7. The number of hydrogen-bond donors (Lipinski definition) is 2. The van der Waals surface area contributed by atoms with Crippen molar-refractivity contribution in [2.45, 2.75) is 13.5 Å². The zero-order chi connectivity index (χ0) is 14.4. The summed E-state index contributed by atoms with van der Waals surface area (Å²) in [5, 5.41) is 15.9. The van der Waals surface area contributed by atoms with E-state index in [-0.39, 0.29) is 12.5 Å². The van der Waals surface area contributed by atoms with E-state index >= 15 is 0 Å². The molecule has 0 aliphatic carbocycles. The van der Waals surface area contributed by atoms with Crippen LogP contribution < -0.4 is 10.1 Å². The number of H-pyrrole nitrogens is 1. The zero-order valence-corrected chi connectivity index (χ0v) is 11.3. The Hall–Kier alpha value is -2.70. The highest BCUT2D eigenvalue weighted by Gasteiger charge is 2.02. The maximum absolute atomic E-state index is 11.7. The largest absolute Gasteiger partial charge is 0.496 e. The summed E-state index contributed by atoms with van der Waals surface area (Å²) < 4.78 is 5.24. The third kappa shape index (κ3) is 3.64. The number of methoxy groups -OCH3 is 1. The monoisotopic (exact) mass is 273 g/mol. The number of tetrazole rings is 1. The second-order valence-electron chi connectivity index (χ2n) is 4.12. The van der Waals surface area contributed by atoms with Gasteiger partial charge in [-0.3, -0.25) is 4.79 Å². The molecule has 7 nitrogen and oxygen atoms in total. The van der Waals surface area contributed by atoms with Gasteiger partial charge in [0.2, 0.25) is 5.91 Å². The highest BCUT2D eigenvalue weighted by atomic mass is 16.5. The van der Waals surface area contributed by atoms with Crippen molar-refractivity contribution in [3.05, 3.63) is 41.2 Å². The maximum Gasteiger partial charge on any atom is 0.244 e. The molecule has 0 aliphatic rings. The van der Waals surface area contributed by atoms with Crippen LogP contribution in [-0.2, 0) is 11.3 Å². The highest BCUT2D eigenvalue weighted by molar-refractivity contribution is 5.92. The van der Waals surface area contributed by atoms with Crippen LogP contribution in [-0.4, -0.2) is 33.6 Å². The number of amides is 1. The molecule has 0 atom stereocenters. The topological polar surface area (TPSA) is 92.8 Å². The van der Waals surface area contributed by atoms with Crippen molar-refractivity contribution in [1.82, 2.24) is 25.9 Å². The van der Waals surface area contributed by atoms with Crippen molar-refractivity contribution in [2.75, 3.05) is 7.11 Å². The van der Waals surface area contributed by atoms with E-state index in [1.807, 2.05) is 25.1 Å². The third-order valence-electron chi connectivity index (χ3n) is 2.61. The average Bonchev–Trinajstić information content (AvgIpc) is 2.96. The molecule has 0 saturated carbocycles. The van der Waals surface area contributed by atoms with E-state index in [1.165, 1.54) is 6.08 Å². The van der Waals surface area contributed by atoms with Crippen molar-refractivity contribution in [3.8, 4) is 5.75 Å². The van der Waals surface area contributed by atoms with E-state index in [2.05, 4.69) is 25.9 Å². The van der Waals surface area contributed by atoms with Crippen LogP contribution in [0.4, 0.5) is 0 Å². The number of rotatable bonds is 5. The lowest BCUT2D eigenvalue weighted by Crippen LogP contribution is -2.21. The van der Waals surface area contributed by atoms with Crippen LogP contribution in [0.25, 0.3) is 6.08 Å². The SMILES string of the molecule is COc1ccc(C)cc1C=CC(=O)NCc1nn[nH]n1. The highest BCUT2D eigenvalue weighted by Crippen LogP contribution is 2.20. The van der Waals surface area contributed by atoms with Gasteiger partial charge in [-0.15, -0.1) is 10.2 Å². The lowest BCUT2D eigenvalue weighted by Gasteiger charge is -2.05. The molecule has 0 spiro atoms. The predicted octanol–water partition coefficient (Wildman–Crippen LogP) is 0.846. The minimum absolute atomic E-state index is 0.227. The Morgan fingerprint density at radius 1 is 1.50 bits per heavy atom. The summed E-state index contributed by atoms with van der Waals surface area (Å²) in [6.45, 7) is 2.21. The van der Waals surface area contributed by atoms with Gasteiger partial charge in [0, 0.05) is 11.6 Å². The number of ether oxygens (including phenoxy) is 1. The average molecular weight is 273 g/mol. The summed E-state index contributed by atoms with van der Waals surface area (Å²) in [5.41, 5.74) is 1.94. The van der Waals surface area contributed by atoms with Crippen molar-refractivity contribution in [1.29, 1.82) is 0 Å². The molecule has 1 amide bonds. The number of hydrogen-bond acceptors (Lipinski definition) is 5. The summed E-state index contributed by atoms with van der Waals surface area (Å²) in [6, 6.07) is 5.76.